The van der Waals surface area contributed by atoms with Crippen molar-refractivity contribution < 1.29 is 0 Å². The van der Waals surface area contributed by atoms with Crippen LogP contribution in [0.4, 0.5) is 0 Å². The Kier molecular flexibility index (Phi) is 6.48. The summed E-state index contributed by atoms with van der Waals surface area (Å²) in [7, 11) is 0. The molecule has 1 fully saturated rings. The summed E-state index contributed by atoms with van der Waals surface area (Å²) in [5, 5.41) is 8.33. The van der Waals surface area contributed by atoms with Gasteiger partial charge in [0.2, 0.25) is 0 Å². The van der Waals surface area contributed by atoms with E-state index in [2.05, 4.69) is 29.7 Å². The number of nitrogens with zero attached hydrogens (tertiary/aromatic N) is 1. The van der Waals surface area contributed by atoms with E-state index in [1.54, 1.807) is 0 Å². The maximum atomic E-state index is 5.25. The molecule has 4 heteroatoms. The van der Waals surface area contributed by atoms with E-state index in [9.17, 15) is 0 Å². The average Bonchev–Trinajstić information content (AvgIpc) is 2.36. The van der Waals surface area contributed by atoms with Crippen molar-refractivity contribution in [1.82, 2.24) is 10.7 Å². The molecule has 1 aliphatic rings. The second kappa shape index (κ2) is 7.64. The Morgan fingerprint density at radius 2 is 2.00 bits per heavy atom. The van der Waals surface area contributed by atoms with Crippen LogP contribution in [0.25, 0.3) is 0 Å². The molecule has 1 saturated carbocycles. The van der Waals surface area contributed by atoms with E-state index >= 15 is 0 Å². The first kappa shape index (κ1) is 14.4. The second-order valence-electron chi connectivity index (χ2n) is 4.98. The third-order valence-electron chi connectivity index (χ3n) is 3.60. The summed E-state index contributed by atoms with van der Waals surface area (Å²) in [6, 6.07) is 0.544. The van der Waals surface area contributed by atoms with E-state index in [4.69, 9.17) is 12.2 Å². The number of rotatable bonds is 4. The first-order valence-electron chi connectivity index (χ1n) is 6.74. The molecule has 98 valence electrons. The summed E-state index contributed by atoms with van der Waals surface area (Å²) >= 11 is 5.25. The molecule has 0 amide bonds. The Labute approximate surface area is 110 Å². The molecule has 0 aromatic carbocycles. The van der Waals surface area contributed by atoms with Crippen LogP contribution >= 0.6 is 12.2 Å². The van der Waals surface area contributed by atoms with Crippen LogP contribution in [0.2, 0.25) is 0 Å². The van der Waals surface area contributed by atoms with Gasteiger partial charge < -0.3 is 5.32 Å². The molecule has 2 N–H and O–H groups in total. The lowest BCUT2D eigenvalue weighted by atomic mass is 9.96. The third kappa shape index (κ3) is 5.48. The van der Waals surface area contributed by atoms with Crippen LogP contribution in [0, 0.1) is 5.92 Å². The molecule has 0 saturated heterocycles. The van der Waals surface area contributed by atoms with E-state index in [0.717, 1.165) is 12.1 Å². The van der Waals surface area contributed by atoms with Crippen LogP contribution in [0.1, 0.15) is 59.3 Å². The number of hydrazone groups is 1. The highest BCUT2D eigenvalue weighted by Gasteiger charge is 2.13. The van der Waals surface area contributed by atoms with Crippen LogP contribution in [0.15, 0.2) is 5.10 Å². The third-order valence-corrected chi connectivity index (χ3v) is 3.81. The minimum Gasteiger partial charge on any atom is -0.359 e. The fourth-order valence-corrected chi connectivity index (χ4v) is 2.22. The van der Waals surface area contributed by atoms with Crippen LogP contribution in [-0.2, 0) is 0 Å². The standard InChI is InChI=1S/C13H25N3S/c1-4-10(2)11(3)15-16-13(17)14-12-8-6-5-7-9-12/h10,12H,4-9H2,1-3H3,(H2,14,16,17)/b15-11-/t10-/m0/s1. The van der Waals surface area contributed by atoms with E-state index in [-0.39, 0.29) is 0 Å². The van der Waals surface area contributed by atoms with Crippen LogP contribution in [-0.4, -0.2) is 16.9 Å². The van der Waals surface area contributed by atoms with Crippen LogP contribution in [0.3, 0.4) is 0 Å². The molecule has 0 aromatic rings. The summed E-state index contributed by atoms with van der Waals surface area (Å²) in [5.74, 6) is 0.514. The minimum atomic E-state index is 0.514. The predicted octanol–water partition coefficient (Wildman–Crippen LogP) is 3.21. The molecule has 0 bridgehead atoms. The Morgan fingerprint density at radius 1 is 1.35 bits per heavy atom. The summed E-state index contributed by atoms with van der Waals surface area (Å²) < 4.78 is 0. The molecule has 0 aliphatic heterocycles. The zero-order valence-corrected chi connectivity index (χ0v) is 12.1. The molecule has 0 unspecified atom stereocenters. The monoisotopic (exact) mass is 255 g/mol. The number of nitrogens with one attached hydrogen (secondary N) is 2. The molecule has 17 heavy (non-hydrogen) atoms. The summed E-state index contributed by atoms with van der Waals surface area (Å²) in [4.78, 5) is 0. The van der Waals surface area contributed by atoms with Crippen molar-refractivity contribution >= 4 is 23.0 Å². The van der Waals surface area contributed by atoms with E-state index in [1.807, 2.05) is 6.92 Å². The molecule has 3 nitrogen and oxygen atoms in total. The number of hydrogen-bond acceptors (Lipinski definition) is 2. The average molecular weight is 255 g/mol. The topological polar surface area (TPSA) is 36.4 Å². The van der Waals surface area contributed by atoms with Crippen LogP contribution in [0.5, 0.6) is 0 Å². The summed E-state index contributed by atoms with van der Waals surface area (Å²) in [6.45, 7) is 6.39. The Bertz CT molecular complexity index is 270. The summed E-state index contributed by atoms with van der Waals surface area (Å²) in [5.41, 5.74) is 4.06. The maximum Gasteiger partial charge on any atom is 0.187 e. The van der Waals surface area contributed by atoms with Gasteiger partial charge in [0.1, 0.15) is 0 Å². The molecular weight excluding hydrogens is 230 g/mol. The fraction of sp³-hybridized carbons (Fsp3) is 0.846. The van der Waals surface area contributed by atoms with E-state index in [1.165, 1.54) is 32.1 Å². The maximum absolute atomic E-state index is 5.25. The fourth-order valence-electron chi connectivity index (χ4n) is 2.01. The second-order valence-corrected chi connectivity index (χ2v) is 5.39. The Hall–Kier alpha value is -0.640. The zero-order chi connectivity index (χ0) is 12.7. The van der Waals surface area contributed by atoms with Gasteiger partial charge in [0.05, 0.1) is 0 Å². The van der Waals surface area contributed by atoms with Gasteiger partial charge in [-0.2, -0.15) is 5.10 Å². The normalized spacial score (nSPS) is 19.8. The van der Waals surface area contributed by atoms with E-state index in [0.29, 0.717) is 17.1 Å². The molecular formula is C13H25N3S. The Balaban J connectivity index is 2.28. The Morgan fingerprint density at radius 3 is 2.59 bits per heavy atom. The van der Waals surface area contributed by atoms with Crippen molar-refractivity contribution in [3.63, 3.8) is 0 Å². The lowest BCUT2D eigenvalue weighted by Crippen LogP contribution is -2.41. The molecule has 1 aliphatic carbocycles. The molecule has 0 heterocycles. The van der Waals surface area contributed by atoms with Gasteiger partial charge in [0, 0.05) is 11.8 Å². The zero-order valence-electron chi connectivity index (χ0n) is 11.3. The minimum absolute atomic E-state index is 0.514. The van der Waals surface area contributed by atoms with Gasteiger partial charge in [-0.15, -0.1) is 0 Å². The van der Waals surface area contributed by atoms with E-state index < -0.39 is 0 Å². The molecule has 0 spiro atoms. The van der Waals surface area contributed by atoms with Gasteiger partial charge in [-0.25, -0.2) is 0 Å². The van der Waals surface area contributed by atoms with Crippen molar-refractivity contribution in [1.29, 1.82) is 0 Å². The van der Waals surface area contributed by atoms with Crippen LogP contribution < -0.4 is 10.7 Å². The van der Waals surface area contributed by atoms with Crippen molar-refractivity contribution in [3.05, 3.63) is 0 Å². The predicted molar refractivity (Wildman–Crippen MR) is 78.3 cm³/mol. The molecule has 1 atom stereocenters. The largest absolute Gasteiger partial charge is 0.359 e. The smallest absolute Gasteiger partial charge is 0.187 e. The SMILES string of the molecule is CC[C@H](C)/C(C)=N\NC(=S)NC1CCCCC1. The van der Waals surface area contributed by atoms with Gasteiger partial charge in [0.25, 0.3) is 0 Å². The van der Waals surface area contributed by atoms with Gasteiger partial charge in [-0.3, -0.25) is 5.43 Å². The highest BCUT2D eigenvalue weighted by atomic mass is 32.1. The van der Waals surface area contributed by atoms with Crippen molar-refractivity contribution in [3.8, 4) is 0 Å². The highest BCUT2D eigenvalue weighted by Crippen LogP contribution is 2.17. The lowest BCUT2D eigenvalue weighted by Gasteiger charge is -2.23. The number of thiocarbonyl (C=S) groups is 1. The van der Waals surface area contributed by atoms with Crippen molar-refractivity contribution in [2.24, 2.45) is 11.0 Å². The quantitative estimate of drug-likeness (QED) is 0.460. The molecule has 0 aromatic heterocycles. The lowest BCUT2D eigenvalue weighted by molar-refractivity contribution is 0.412. The first-order valence-corrected chi connectivity index (χ1v) is 7.15. The van der Waals surface area contributed by atoms with Gasteiger partial charge in [-0.05, 0) is 44.3 Å². The summed E-state index contributed by atoms with van der Waals surface area (Å²) in [6.07, 6.45) is 7.57. The molecule has 0 radical (unpaired) electrons. The highest BCUT2D eigenvalue weighted by molar-refractivity contribution is 7.80. The van der Waals surface area contributed by atoms with Gasteiger partial charge in [0.15, 0.2) is 5.11 Å². The van der Waals surface area contributed by atoms with Gasteiger partial charge in [-0.1, -0.05) is 33.1 Å². The first-order chi connectivity index (χ1) is 8.13. The van der Waals surface area contributed by atoms with Crippen molar-refractivity contribution in [2.75, 3.05) is 0 Å². The van der Waals surface area contributed by atoms with Crippen molar-refractivity contribution in [2.45, 2.75) is 65.3 Å². The van der Waals surface area contributed by atoms with Gasteiger partial charge >= 0.3 is 0 Å². The molecule has 1 rings (SSSR count). The number of hydrogen-bond donors (Lipinski definition) is 2.